The summed E-state index contributed by atoms with van der Waals surface area (Å²) in [5, 5.41) is 40.9. The van der Waals surface area contributed by atoms with E-state index in [9.17, 15) is 29.4 Å². The molecule has 12 aromatic rings. The first-order chi connectivity index (χ1) is 58.1. The number of pyridine rings is 4. The van der Waals surface area contributed by atoms with Gasteiger partial charge in [-0.25, -0.2) is 0 Å². The maximum absolute atomic E-state index is 12.1. The molecule has 0 saturated carbocycles. The number of carbonyl (C=O) groups is 4. The van der Waals surface area contributed by atoms with Gasteiger partial charge in [0.15, 0.2) is 23.1 Å². The van der Waals surface area contributed by atoms with Crippen LogP contribution in [0.15, 0.2) is 229 Å². The van der Waals surface area contributed by atoms with Crippen molar-refractivity contribution in [2.45, 2.75) is 224 Å². The van der Waals surface area contributed by atoms with Gasteiger partial charge < -0.3 is 20.4 Å². The monoisotopic (exact) mass is 2420 g/mol. The summed E-state index contributed by atoms with van der Waals surface area (Å²) in [6.45, 7) is 49.3. The zero-order chi connectivity index (χ0) is 91.3. The molecule has 12 nitrogen and oxygen atoms in total. The Morgan fingerprint density at radius 2 is 0.693 bits per heavy atom. The van der Waals surface area contributed by atoms with Crippen LogP contribution in [0.5, 0.6) is 0 Å². The number of aliphatic hydroxyl groups is 4. The first kappa shape index (κ1) is 116. The molecule has 4 N–H and O–H groups in total. The third-order valence-electron chi connectivity index (χ3n) is 19.6. The van der Waals surface area contributed by atoms with Crippen molar-refractivity contribution in [3.63, 3.8) is 0 Å². The maximum atomic E-state index is 12.1. The number of aromatic nitrogens is 4. The number of allylic oxidation sites excluding steroid dienone is 8. The molecule has 0 aliphatic rings. The summed E-state index contributed by atoms with van der Waals surface area (Å²) in [6.07, 6.45) is 10.5. The summed E-state index contributed by atoms with van der Waals surface area (Å²) in [7, 11) is 0. The SMILES string of the molecule is CC(=O)C=C(C)O.CC(=O)C=C(C)O.CC(C)CC(=O)C=C(O)CC(C)C.CCC(CC)C(=O)C(C)=C(O)C(CC)CC.Cc1[c-]c(-c2ccc3ccc(CC(C)C)cc3n2)cc(C)c1.Cc1[c-]c(-c2ccc3ccc(CC(C)C)cc3n2)cc(C)c1.Cc1[c-]c(-c2ccc3ccccc3n2)cc(C)c1.Cc1cc[c-]c(-c2ccc3ccc(C)cc3n2)c1.[Ir].[Ir].[Ir].[Ir]. The largest absolute Gasteiger partial charge is 0.512 e. The minimum Gasteiger partial charge on any atom is -0.512 e. The average Bonchev–Trinajstić information content (AvgIpc) is 0.813. The van der Waals surface area contributed by atoms with Crippen molar-refractivity contribution in [3.8, 4) is 45.0 Å². The van der Waals surface area contributed by atoms with Gasteiger partial charge in [-0.3, -0.25) is 39.1 Å². The zero-order valence-electron chi connectivity index (χ0n) is 79.2. The topological polar surface area (TPSA) is 201 Å². The Kier molecular flexibility index (Phi) is 53.9. The Bertz CT molecular complexity index is 5400. The molecule has 8 aromatic carbocycles. The van der Waals surface area contributed by atoms with Gasteiger partial charge in [-0.15, -0.1) is 140 Å². The molecular weight excluding hydrogens is 2290 g/mol. The van der Waals surface area contributed by atoms with Crippen molar-refractivity contribution in [2.75, 3.05) is 0 Å². The van der Waals surface area contributed by atoms with E-state index < -0.39 is 0 Å². The number of aliphatic hydroxyl groups excluding tert-OH is 4. The Morgan fingerprint density at radius 1 is 0.354 bits per heavy atom. The zero-order valence-corrected chi connectivity index (χ0v) is 88.8. The molecule has 0 aliphatic carbocycles. The number of nitrogens with zero attached hydrogens (tertiary/aromatic N) is 4. The Balaban J connectivity index is 0.000000739. The second-order valence-electron chi connectivity index (χ2n) is 34.0. The molecule has 4 aromatic heterocycles. The van der Waals surface area contributed by atoms with Gasteiger partial charge in [0.1, 0.15) is 5.76 Å². The molecule has 0 bridgehead atoms. The van der Waals surface area contributed by atoms with Crippen LogP contribution in [0.4, 0.5) is 0 Å². The van der Waals surface area contributed by atoms with Gasteiger partial charge in [0, 0.05) is 129 Å². The molecule has 0 saturated heterocycles. The number of benzene rings is 8. The molecule has 0 unspecified atom stereocenters. The fraction of sp³-hybridized carbons (Fsp3) is 0.351. The third kappa shape index (κ3) is 42.3. The number of rotatable bonds is 22. The van der Waals surface area contributed by atoms with Gasteiger partial charge >= 0.3 is 0 Å². The van der Waals surface area contributed by atoms with Gasteiger partial charge in [-0.1, -0.05) is 235 Å². The van der Waals surface area contributed by atoms with E-state index in [1.165, 1.54) is 106 Å². The first-order valence-corrected chi connectivity index (χ1v) is 43.3. The number of ketones is 4. The second-order valence-corrected chi connectivity index (χ2v) is 34.0. The van der Waals surface area contributed by atoms with Crippen molar-refractivity contribution in [1.29, 1.82) is 0 Å². The number of para-hydroxylation sites is 1. The van der Waals surface area contributed by atoms with Gasteiger partial charge in [-0.05, 0) is 189 Å². The van der Waals surface area contributed by atoms with Crippen molar-refractivity contribution in [3.05, 3.63) is 309 Å². The molecule has 0 amide bonds. The number of hydrogen-bond donors (Lipinski definition) is 4. The first-order valence-electron chi connectivity index (χ1n) is 43.3. The van der Waals surface area contributed by atoms with Crippen LogP contribution >= 0.6 is 0 Å². The Morgan fingerprint density at radius 3 is 1.04 bits per heavy atom. The molecule has 16 heteroatoms. The molecule has 0 atom stereocenters. The number of aryl methyl sites for hydroxylation is 8. The fourth-order valence-electron chi connectivity index (χ4n) is 14.0. The summed E-state index contributed by atoms with van der Waals surface area (Å²) >= 11 is 0. The summed E-state index contributed by atoms with van der Waals surface area (Å²) in [5.41, 5.74) is 25.4. The Labute approximate surface area is 813 Å². The van der Waals surface area contributed by atoms with E-state index >= 15 is 0 Å². The van der Waals surface area contributed by atoms with E-state index in [1.807, 2.05) is 79.7 Å². The summed E-state index contributed by atoms with van der Waals surface area (Å²) in [6, 6.07) is 77.0. The minimum absolute atomic E-state index is 0. The molecule has 0 aliphatic heterocycles. The van der Waals surface area contributed by atoms with Crippen LogP contribution < -0.4 is 0 Å². The molecule has 4 heterocycles. The molecule has 686 valence electrons. The summed E-state index contributed by atoms with van der Waals surface area (Å²) in [5.74, 6) is 2.81. The Hall–Kier alpha value is -9.16. The van der Waals surface area contributed by atoms with Gasteiger partial charge in [0.25, 0.3) is 0 Å². The summed E-state index contributed by atoms with van der Waals surface area (Å²) < 4.78 is 0. The van der Waals surface area contributed by atoms with E-state index in [0.717, 1.165) is 122 Å². The average molecular weight is 2420 g/mol. The van der Waals surface area contributed by atoms with Crippen LogP contribution in [0.25, 0.3) is 88.6 Å². The second kappa shape index (κ2) is 59.1. The van der Waals surface area contributed by atoms with Gasteiger partial charge in [0.05, 0.1) is 39.3 Å². The molecular formula is C111H134Ir4N4O8-4. The summed E-state index contributed by atoms with van der Waals surface area (Å²) in [4.78, 5) is 62.5. The van der Waals surface area contributed by atoms with Crippen LogP contribution in [0.1, 0.15) is 212 Å². The van der Waals surface area contributed by atoms with Crippen molar-refractivity contribution in [2.24, 2.45) is 35.5 Å². The van der Waals surface area contributed by atoms with E-state index in [2.05, 4.69) is 265 Å². The van der Waals surface area contributed by atoms with Crippen molar-refractivity contribution in [1.82, 2.24) is 19.9 Å². The maximum Gasteiger partial charge on any atom is 0.164 e. The van der Waals surface area contributed by atoms with Crippen molar-refractivity contribution < 1.29 is 120 Å². The predicted octanol–water partition coefficient (Wildman–Crippen LogP) is 29.1. The number of carbonyl (C=O) groups excluding carboxylic acids is 4. The van der Waals surface area contributed by atoms with Crippen LogP contribution in [-0.2, 0) is 112 Å². The van der Waals surface area contributed by atoms with Crippen LogP contribution in [0.3, 0.4) is 0 Å². The quantitative estimate of drug-likeness (QED) is 0.0285. The molecule has 127 heavy (non-hydrogen) atoms. The number of hydrogen-bond acceptors (Lipinski definition) is 12. The van der Waals surface area contributed by atoms with Crippen LogP contribution in [0, 0.1) is 115 Å². The van der Waals surface area contributed by atoms with Gasteiger partial charge in [0.2, 0.25) is 0 Å². The minimum atomic E-state index is -0.125. The third-order valence-corrected chi connectivity index (χ3v) is 19.6. The van der Waals surface area contributed by atoms with Crippen LogP contribution in [0.2, 0.25) is 0 Å². The standard InChI is InChI=1S/2C21H22N.2C17H14N.C14H26O2.C11H20O2.2C5H8O2.4Ir/c2*1-14(2)9-17-5-6-18-7-8-20(22-21(18)13-17)19-11-15(3)10-16(4)12-19;1-12-4-3-5-15(10-12)16-9-8-14-7-6-13(2)11-17(14)18-16;1-12-9-13(2)11-15(10-12)17-8-7-14-5-3-4-6-16(14)18-17;1-6-11(7-2)13(15)10(5)14(16)12(8-3)9-4;1-8(2)5-10(12)7-11(13)6-9(3)4;2*1-4(6)3-5(2)7;;;;/h2*5-8,10-11,13-14H,9H2,1-4H3;3-4,6-11H,1-2H3;3-10H,1-2H3;11-12,15H,6-9H2,1-5H3;7-9,12H,5-6H2,1-4H3;2*3,6H,1-2H3;;;;/q4*-1;;;;;;;;. The fourth-order valence-corrected chi connectivity index (χ4v) is 14.0. The van der Waals surface area contributed by atoms with Crippen LogP contribution in [-0.4, -0.2) is 63.5 Å². The van der Waals surface area contributed by atoms with E-state index in [1.54, 1.807) is 6.92 Å². The van der Waals surface area contributed by atoms with E-state index in [4.69, 9.17) is 30.1 Å². The van der Waals surface area contributed by atoms with E-state index in [0.29, 0.717) is 47.8 Å². The van der Waals surface area contributed by atoms with E-state index in [-0.39, 0.29) is 133 Å². The predicted molar refractivity (Wildman–Crippen MR) is 516 cm³/mol. The molecule has 4 radical (unpaired) electrons. The molecule has 12 rings (SSSR count). The number of fused-ring (bicyclic) bond motifs is 4. The molecule has 0 spiro atoms. The normalized spacial score (nSPS) is 11.2. The van der Waals surface area contributed by atoms with Gasteiger partial charge in [-0.2, -0.15) is 0 Å². The molecule has 0 fully saturated rings. The smallest absolute Gasteiger partial charge is 0.164 e. The number of Topliss-reactive ketones (excluding diaryl/α,β-unsaturated/α-hetero) is 1. The van der Waals surface area contributed by atoms with Crippen molar-refractivity contribution >= 4 is 66.7 Å².